The molecular formula is C23H28ClFN6O3. The standard InChI is InChI=1S/C23H28ClFN6O3/c1-23(2,34)19(25)12-29-22(33)14-11-27-20(31-21-15(24)7-13(9-26)10-28-21)8-17(14)30-16-5-3-4-6-18(16)32/h7-8,10-11,16,18-19,32,34H,3-6,12H2,1-2H3,(H,29,33)(H2,27,28,30,31)/t16?,18?,19-/m1/s1. The lowest BCUT2D eigenvalue weighted by molar-refractivity contribution is -0.00177. The molecule has 0 saturated heterocycles. The number of nitrogens with zero attached hydrogens (tertiary/aromatic N) is 3. The summed E-state index contributed by atoms with van der Waals surface area (Å²) in [5.74, 6) is 0.0241. The first-order valence-corrected chi connectivity index (χ1v) is 11.4. The van der Waals surface area contributed by atoms with Crippen LogP contribution in [-0.4, -0.2) is 56.6 Å². The van der Waals surface area contributed by atoms with Crippen molar-refractivity contribution >= 4 is 34.8 Å². The number of rotatable bonds is 8. The van der Waals surface area contributed by atoms with E-state index in [1.807, 2.05) is 6.07 Å². The average molecular weight is 491 g/mol. The van der Waals surface area contributed by atoms with Crippen molar-refractivity contribution in [2.24, 2.45) is 0 Å². The maximum Gasteiger partial charge on any atom is 0.255 e. The number of nitrogens with one attached hydrogen (secondary N) is 3. The first-order valence-electron chi connectivity index (χ1n) is 11.0. The van der Waals surface area contributed by atoms with E-state index >= 15 is 0 Å². The van der Waals surface area contributed by atoms with Gasteiger partial charge in [-0.05, 0) is 32.8 Å². The molecule has 2 aromatic heterocycles. The lowest BCUT2D eigenvalue weighted by atomic mass is 9.92. The third-order valence-corrected chi connectivity index (χ3v) is 5.93. The minimum absolute atomic E-state index is 0.158. The van der Waals surface area contributed by atoms with Crippen LogP contribution in [-0.2, 0) is 0 Å². The molecule has 1 fully saturated rings. The van der Waals surface area contributed by atoms with Crippen molar-refractivity contribution in [2.45, 2.75) is 63.4 Å². The third kappa shape index (κ3) is 6.53. The van der Waals surface area contributed by atoms with Gasteiger partial charge in [0, 0.05) is 18.5 Å². The van der Waals surface area contributed by atoms with Gasteiger partial charge in [0.05, 0.1) is 46.1 Å². The van der Waals surface area contributed by atoms with Crippen LogP contribution in [0.25, 0.3) is 0 Å². The molecule has 0 spiro atoms. The maximum atomic E-state index is 14.1. The van der Waals surface area contributed by atoms with Crippen LogP contribution in [0.3, 0.4) is 0 Å². The van der Waals surface area contributed by atoms with Gasteiger partial charge in [-0.3, -0.25) is 4.79 Å². The van der Waals surface area contributed by atoms with Crippen molar-refractivity contribution in [1.29, 1.82) is 5.26 Å². The van der Waals surface area contributed by atoms with Crippen molar-refractivity contribution in [2.75, 3.05) is 17.2 Å². The Bertz CT molecular complexity index is 1070. The van der Waals surface area contributed by atoms with Crippen LogP contribution in [0, 0.1) is 11.3 Å². The number of carbonyl (C=O) groups is 1. The Labute approximate surface area is 202 Å². The highest BCUT2D eigenvalue weighted by Crippen LogP contribution is 2.28. The predicted molar refractivity (Wildman–Crippen MR) is 127 cm³/mol. The molecule has 1 aliphatic carbocycles. The number of hydrogen-bond donors (Lipinski definition) is 5. The van der Waals surface area contributed by atoms with Crippen molar-refractivity contribution in [3.63, 3.8) is 0 Å². The summed E-state index contributed by atoms with van der Waals surface area (Å²) in [4.78, 5) is 21.2. The molecule has 5 N–H and O–H groups in total. The van der Waals surface area contributed by atoms with E-state index in [4.69, 9.17) is 16.9 Å². The first kappa shape index (κ1) is 25.6. The Balaban J connectivity index is 1.86. The third-order valence-electron chi connectivity index (χ3n) is 5.64. The van der Waals surface area contributed by atoms with E-state index in [1.54, 1.807) is 6.07 Å². The van der Waals surface area contributed by atoms with Crippen LogP contribution in [0.5, 0.6) is 0 Å². The number of nitriles is 1. The maximum absolute atomic E-state index is 14.1. The molecule has 3 atom stereocenters. The molecule has 1 saturated carbocycles. The Kier molecular flexibility index (Phi) is 8.25. The van der Waals surface area contributed by atoms with Gasteiger partial charge in [-0.2, -0.15) is 5.26 Å². The molecule has 2 unspecified atom stereocenters. The molecule has 9 nitrogen and oxygen atoms in total. The number of hydrogen-bond acceptors (Lipinski definition) is 8. The van der Waals surface area contributed by atoms with Gasteiger partial charge < -0.3 is 26.2 Å². The minimum atomic E-state index is -1.66. The molecule has 0 radical (unpaired) electrons. The fourth-order valence-electron chi connectivity index (χ4n) is 3.54. The van der Waals surface area contributed by atoms with Crippen LogP contribution >= 0.6 is 11.6 Å². The highest BCUT2D eigenvalue weighted by atomic mass is 35.5. The smallest absolute Gasteiger partial charge is 0.255 e. The highest BCUT2D eigenvalue weighted by Gasteiger charge is 2.28. The van der Waals surface area contributed by atoms with E-state index in [0.29, 0.717) is 23.5 Å². The molecule has 0 aromatic carbocycles. The lowest BCUT2D eigenvalue weighted by Crippen LogP contribution is -2.42. The number of aliphatic hydroxyl groups is 2. The van der Waals surface area contributed by atoms with Gasteiger partial charge in [-0.15, -0.1) is 0 Å². The largest absolute Gasteiger partial charge is 0.391 e. The molecule has 34 heavy (non-hydrogen) atoms. The van der Waals surface area contributed by atoms with Gasteiger partial charge in [-0.25, -0.2) is 14.4 Å². The molecule has 1 aliphatic rings. The first-order chi connectivity index (χ1) is 16.1. The zero-order chi connectivity index (χ0) is 24.9. The second kappa shape index (κ2) is 11.0. The summed E-state index contributed by atoms with van der Waals surface area (Å²) in [5.41, 5.74) is -0.740. The molecular weight excluding hydrogens is 463 g/mol. The van der Waals surface area contributed by atoms with Gasteiger partial charge in [0.25, 0.3) is 5.91 Å². The quantitative estimate of drug-likeness (QED) is 0.379. The monoisotopic (exact) mass is 490 g/mol. The lowest BCUT2D eigenvalue weighted by Gasteiger charge is -2.30. The number of aliphatic hydroxyl groups excluding tert-OH is 1. The highest BCUT2D eigenvalue weighted by molar-refractivity contribution is 6.33. The van der Waals surface area contributed by atoms with E-state index in [-0.39, 0.29) is 29.0 Å². The van der Waals surface area contributed by atoms with Gasteiger partial charge >= 0.3 is 0 Å². The zero-order valence-corrected chi connectivity index (χ0v) is 19.7. The number of pyridine rings is 2. The summed E-state index contributed by atoms with van der Waals surface area (Å²) in [7, 11) is 0. The summed E-state index contributed by atoms with van der Waals surface area (Å²) in [6.07, 6.45) is 3.69. The number of carbonyl (C=O) groups excluding carboxylic acids is 1. The van der Waals surface area contributed by atoms with Crippen LogP contribution in [0.2, 0.25) is 5.02 Å². The topological polar surface area (TPSA) is 143 Å². The minimum Gasteiger partial charge on any atom is -0.391 e. The molecule has 2 heterocycles. The molecule has 11 heteroatoms. The molecule has 2 aromatic rings. The van der Waals surface area contributed by atoms with Crippen molar-refractivity contribution in [3.8, 4) is 6.07 Å². The predicted octanol–water partition coefficient (Wildman–Crippen LogP) is 3.30. The van der Waals surface area contributed by atoms with E-state index < -0.39 is 23.8 Å². The number of amides is 1. The summed E-state index contributed by atoms with van der Waals surface area (Å²) in [5, 5.41) is 38.0. The Hall–Kier alpha value is -3.00. The molecule has 3 rings (SSSR count). The van der Waals surface area contributed by atoms with E-state index in [2.05, 4.69) is 25.9 Å². The summed E-state index contributed by atoms with van der Waals surface area (Å²) >= 11 is 6.19. The van der Waals surface area contributed by atoms with E-state index in [0.717, 1.165) is 19.3 Å². The number of anilines is 3. The second-order valence-electron chi connectivity index (χ2n) is 8.84. The van der Waals surface area contributed by atoms with Crippen LogP contribution in [0.1, 0.15) is 55.5 Å². The fourth-order valence-corrected chi connectivity index (χ4v) is 3.76. The molecule has 0 aliphatic heterocycles. The number of aromatic nitrogens is 2. The van der Waals surface area contributed by atoms with Crippen molar-refractivity contribution in [3.05, 3.63) is 40.7 Å². The Morgan fingerprint density at radius 3 is 2.71 bits per heavy atom. The fraction of sp³-hybridized carbons (Fsp3) is 0.478. The normalized spacial score (nSPS) is 19.1. The van der Waals surface area contributed by atoms with E-state index in [9.17, 15) is 19.4 Å². The summed E-state index contributed by atoms with van der Waals surface area (Å²) in [6, 6.07) is 4.73. The van der Waals surface area contributed by atoms with Gasteiger partial charge in [0.15, 0.2) is 0 Å². The zero-order valence-electron chi connectivity index (χ0n) is 19.0. The average Bonchev–Trinajstić information content (AvgIpc) is 2.79. The number of alkyl halides is 1. The van der Waals surface area contributed by atoms with E-state index in [1.165, 1.54) is 32.3 Å². The summed E-state index contributed by atoms with van der Waals surface area (Å²) in [6.45, 7) is 2.27. The SMILES string of the molecule is CC(C)(O)[C@H](F)CNC(=O)c1cnc(Nc2ncc(C#N)cc2Cl)cc1NC1CCCCC1O. The second-order valence-corrected chi connectivity index (χ2v) is 9.25. The number of halogens is 2. The Morgan fingerprint density at radius 1 is 1.32 bits per heavy atom. The van der Waals surface area contributed by atoms with Gasteiger partial charge in [0.2, 0.25) is 0 Å². The van der Waals surface area contributed by atoms with Crippen LogP contribution in [0.4, 0.5) is 21.7 Å². The van der Waals surface area contributed by atoms with Gasteiger partial charge in [0.1, 0.15) is 23.9 Å². The molecule has 0 bridgehead atoms. The molecule has 182 valence electrons. The van der Waals surface area contributed by atoms with Crippen LogP contribution < -0.4 is 16.0 Å². The van der Waals surface area contributed by atoms with Crippen molar-refractivity contribution in [1.82, 2.24) is 15.3 Å². The van der Waals surface area contributed by atoms with Crippen molar-refractivity contribution < 1.29 is 19.4 Å². The summed E-state index contributed by atoms with van der Waals surface area (Å²) < 4.78 is 14.1. The Morgan fingerprint density at radius 2 is 2.06 bits per heavy atom. The molecule has 1 amide bonds. The van der Waals surface area contributed by atoms with Gasteiger partial charge in [-0.1, -0.05) is 24.4 Å². The van der Waals surface area contributed by atoms with Crippen LogP contribution in [0.15, 0.2) is 24.5 Å².